The first-order valence-corrected chi connectivity index (χ1v) is 10.0. The molecule has 0 aliphatic heterocycles. The van der Waals surface area contributed by atoms with Crippen molar-refractivity contribution in [3.05, 3.63) is 23.3 Å². The SMILES string of the molecule is CCCC[C@@](C)(OCCC)C(=O)Nc1cc(C)c(O[C@H](C)CC)c(C)c1. The zero-order chi connectivity index (χ0) is 19.7. The molecule has 0 saturated carbocycles. The molecule has 0 radical (unpaired) electrons. The Hall–Kier alpha value is -1.55. The lowest BCUT2D eigenvalue weighted by atomic mass is 9.97. The van der Waals surface area contributed by atoms with Crippen molar-refractivity contribution in [1.29, 1.82) is 0 Å². The average molecular weight is 364 g/mol. The van der Waals surface area contributed by atoms with Crippen LogP contribution in [0.1, 0.15) is 77.8 Å². The van der Waals surface area contributed by atoms with Crippen LogP contribution < -0.4 is 10.1 Å². The summed E-state index contributed by atoms with van der Waals surface area (Å²) in [5.41, 5.74) is 2.07. The monoisotopic (exact) mass is 363 g/mol. The first-order valence-electron chi connectivity index (χ1n) is 10.0. The molecule has 0 aliphatic rings. The van der Waals surface area contributed by atoms with Crippen LogP contribution in [0.5, 0.6) is 5.75 Å². The summed E-state index contributed by atoms with van der Waals surface area (Å²) in [5, 5.41) is 3.06. The molecule has 1 aromatic rings. The molecule has 148 valence electrons. The zero-order valence-electron chi connectivity index (χ0n) is 17.7. The molecular formula is C22H37NO3. The number of aryl methyl sites for hydroxylation is 2. The fraction of sp³-hybridized carbons (Fsp3) is 0.682. The Kier molecular flexibility index (Phi) is 9.14. The fourth-order valence-corrected chi connectivity index (χ4v) is 2.85. The lowest BCUT2D eigenvalue weighted by Gasteiger charge is -2.29. The van der Waals surface area contributed by atoms with Gasteiger partial charge in [0, 0.05) is 12.3 Å². The van der Waals surface area contributed by atoms with E-state index in [9.17, 15) is 4.79 Å². The molecule has 0 fully saturated rings. The molecule has 0 heterocycles. The van der Waals surface area contributed by atoms with Crippen LogP contribution in [0.4, 0.5) is 5.69 Å². The second-order valence-corrected chi connectivity index (χ2v) is 7.41. The third-order valence-electron chi connectivity index (χ3n) is 4.72. The van der Waals surface area contributed by atoms with Crippen LogP contribution in [0.2, 0.25) is 0 Å². The molecule has 0 saturated heterocycles. The molecule has 26 heavy (non-hydrogen) atoms. The Balaban J connectivity index is 2.96. The number of ether oxygens (including phenoxy) is 2. The number of unbranched alkanes of at least 4 members (excludes halogenated alkanes) is 1. The van der Waals surface area contributed by atoms with E-state index in [-0.39, 0.29) is 12.0 Å². The molecule has 0 spiro atoms. The number of hydrogen-bond donors (Lipinski definition) is 1. The van der Waals surface area contributed by atoms with E-state index in [0.717, 1.165) is 54.7 Å². The topological polar surface area (TPSA) is 47.6 Å². The summed E-state index contributed by atoms with van der Waals surface area (Å²) >= 11 is 0. The number of nitrogens with one attached hydrogen (secondary N) is 1. The first-order chi connectivity index (χ1) is 12.3. The van der Waals surface area contributed by atoms with Crippen molar-refractivity contribution in [3.63, 3.8) is 0 Å². The minimum atomic E-state index is -0.792. The van der Waals surface area contributed by atoms with Gasteiger partial charge < -0.3 is 14.8 Å². The van der Waals surface area contributed by atoms with Crippen LogP contribution in [0.25, 0.3) is 0 Å². The van der Waals surface area contributed by atoms with Crippen molar-refractivity contribution in [2.75, 3.05) is 11.9 Å². The number of carbonyl (C=O) groups excluding carboxylic acids is 1. The average Bonchev–Trinajstić information content (AvgIpc) is 2.60. The van der Waals surface area contributed by atoms with Crippen LogP contribution in [0.15, 0.2) is 12.1 Å². The van der Waals surface area contributed by atoms with Crippen molar-refractivity contribution in [1.82, 2.24) is 0 Å². The minimum absolute atomic E-state index is 0.0752. The number of benzene rings is 1. The van der Waals surface area contributed by atoms with E-state index in [1.165, 1.54) is 0 Å². The molecule has 1 N–H and O–H groups in total. The lowest BCUT2D eigenvalue weighted by Crippen LogP contribution is -2.43. The highest BCUT2D eigenvalue weighted by Gasteiger charge is 2.33. The van der Waals surface area contributed by atoms with Crippen molar-refractivity contribution < 1.29 is 14.3 Å². The fourth-order valence-electron chi connectivity index (χ4n) is 2.85. The lowest BCUT2D eigenvalue weighted by molar-refractivity contribution is -0.140. The normalized spacial score (nSPS) is 14.6. The number of anilines is 1. The van der Waals surface area contributed by atoms with Gasteiger partial charge in [0.25, 0.3) is 5.91 Å². The van der Waals surface area contributed by atoms with Gasteiger partial charge in [0.15, 0.2) is 0 Å². The number of carbonyl (C=O) groups is 1. The third-order valence-corrected chi connectivity index (χ3v) is 4.72. The molecule has 0 unspecified atom stereocenters. The second-order valence-electron chi connectivity index (χ2n) is 7.41. The van der Waals surface area contributed by atoms with Gasteiger partial charge in [0.2, 0.25) is 0 Å². The highest BCUT2D eigenvalue weighted by atomic mass is 16.5. The van der Waals surface area contributed by atoms with Gasteiger partial charge in [0.05, 0.1) is 6.10 Å². The Labute approximate surface area is 159 Å². The molecule has 1 amide bonds. The quantitative estimate of drug-likeness (QED) is 0.541. The first kappa shape index (κ1) is 22.5. The van der Waals surface area contributed by atoms with E-state index < -0.39 is 5.60 Å². The maximum absolute atomic E-state index is 12.9. The maximum Gasteiger partial charge on any atom is 0.256 e. The van der Waals surface area contributed by atoms with Crippen molar-refractivity contribution in [3.8, 4) is 5.75 Å². The second kappa shape index (κ2) is 10.6. The molecule has 1 rings (SSSR count). The van der Waals surface area contributed by atoms with E-state index >= 15 is 0 Å². The van der Waals surface area contributed by atoms with Gasteiger partial charge in [0.1, 0.15) is 11.4 Å². The van der Waals surface area contributed by atoms with E-state index in [1.54, 1.807) is 0 Å². The van der Waals surface area contributed by atoms with Crippen molar-refractivity contribution in [2.24, 2.45) is 0 Å². The summed E-state index contributed by atoms with van der Waals surface area (Å²) in [6.07, 6.45) is 4.76. The zero-order valence-corrected chi connectivity index (χ0v) is 17.7. The molecule has 0 aromatic heterocycles. The molecule has 0 aliphatic carbocycles. The van der Waals surface area contributed by atoms with Crippen LogP contribution in [0.3, 0.4) is 0 Å². The molecule has 4 nitrogen and oxygen atoms in total. The van der Waals surface area contributed by atoms with Crippen LogP contribution in [-0.4, -0.2) is 24.2 Å². The van der Waals surface area contributed by atoms with E-state index in [4.69, 9.17) is 9.47 Å². The molecule has 1 aromatic carbocycles. The third kappa shape index (κ3) is 6.31. The number of amides is 1. The van der Waals surface area contributed by atoms with E-state index in [2.05, 4.69) is 33.0 Å². The molecule has 2 atom stereocenters. The number of hydrogen-bond acceptors (Lipinski definition) is 3. The van der Waals surface area contributed by atoms with Crippen molar-refractivity contribution >= 4 is 11.6 Å². The predicted molar refractivity (Wildman–Crippen MR) is 109 cm³/mol. The standard InChI is InChI=1S/C22H37NO3/c1-8-11-12-22(7,25-13-9-2)21(24)23-19-14-16(4)20(17(5)15-19)26-18(6)10-3/h14-15,18H,8-13H2,1-7H3,(H,23,24)/t18-,22-/m1/s1. The van der Waals surface area contributed by atoms with Gasteiger partial charge in [-0.05, 0) is 70.2 Å². The van der Waals surface area contributed by atoms with E-state index in [0.29, 0.717) is 6.61 Å². The molecular weight excluding hydrogens is 326 g/mol. The van der Waals surface area contributed by atoms with Gasteiger partial charge in [-0.2, -0.15) is 0 Å². The van der Waals surface area contributed by atoms with Gasteiger partial charge >= 0.3 is 0 Å². The maximum atomic E-state index is 12.9. The van der Waals surface area contributed by atoms with Gasteiger partial charge in [-0.3, -0.25) is 4.79 Å². The summed E-state index contributed by atoms with van der Waals surface area (Å²) in [6.45, 7) is 14.9. The molecule has 0 bridgehead atoms. The number of rotatable bonds is 11. The summed E-state index contributed by atoms with van der Waals surface area (Å²) in [4.78, 5) is 12.9. The Morgan fingerprint density at radius 2 is 1.77 bits per heavy atom. The van der Waals surface area contributed by atoms with Crippen LogP contribution in [0, 0.1) is 13.8 Å². The van der Waals surface area contributed by atoms with Gasteiger partial charge in [-0.15, -0.1) is 0 Å². The Bertz CT molecular complexity index is 552. The van der Waals surface area contributed by atoms with Crippen molar-refractivity contribution in [2.45, 2.75) is 92.3 Å². The molecule has 4 heteroatoms. The van der Waals surface area contributed by atoms with E-state index in [1.807, 2.05) is 32.9 Å². The van der Waals surface area contributed by atoms with Gasteiger partial charge in [-0.25, -0.2) is 0 Å². The summed E-state index contributed by atoms with van der Waals surface area (Å²) in [6, 6.07) is 3.95. The smallest absolute Gasteiger partial charge is 0.256 e. The highest BCUT2D eigenvalue weighted by Crippen LogP contribution is 2.30. The Morgan fingerprint density at radius 1 is 1.15 bits per heavy atom. The van der Waals surface area contributed by atoms with Gasteiger partial charge in [-0.1, -0.05) is 33.6 Å². The predicted octanol–water partition coefficient (Wildman–Crippen LogP) is 5.79. The van der Waals surface area contributed by atoms with Crippen LogP contribution >= 0.6 is 0 Å². The largest absolute Gasteiger partial charge is 0.490 e. The summed E-state index contributed by atoms with van der Waals surface area (Å²) in [5.74, 6) is 0.835. The minimum Gasteiger partial charge on any atom is -0.490 e. The van der Waals surface area contributed by atoms with Crippen LogP contribution in [-0.2, 0) is 9.53 Å². The highest BCUT2D eigenvalue weighted by molar-refractivity contribution is 5.97. The summed E-state index contributed by atoms with van der Waals surface area (Å²) < 4.78 is 12.0. The Morgan fingerprint density at radius 3 is 2.27 bits per heavy atom. The summed E-state index contributed by atoms with van der Waals surface area (Å²) in [7, 11) is 0.